The van der Waals surface area contributed by atoms with E-state index in [4.69, 9.17) is 21.8 Å². The van der Waals surface area contributed by atoms with Crippen LogP contribution in [-0.2, 0) is 22.4 Å². The maximum Gasteiger partial charge on any atom is 0.335 e. The quantitative estimate of drug-likeness (QED) is 0.552. The van der Waals surface area contributed by atoms with Crippen LogP contribution < -0.4 is 5.32 Å². The number of amides is 1. The summed E-state index contributed by atoms with van der Waals surface area (Å²) in [6.45, 7) is 0.230. The van der Waals surface area contributed by atoms with E-state index < -0.39 is 24.1 Å². The van der Waals surface area contributed by atoms with Crippen molar-refractivity contribution >= 4 is 34.8 Å². The normalized spacial score (nSPS) is 13.2. The molecule has 25 heavy (non-hydrogen) atoms. The van der Waals surface area contributed by atoms with E-state index in [1.165, 1.54) is 0 Å². The van der Waals surface area contributed by atoms with Gasteiger partial charge in [0.15, 0.2) is 12.2 Å². The molecule has 0 spiro atoms. The standard InChI is InChI=1S/C17H18ClNO5S/c18-13-4-2-1-3-11(13)7-10-8-12(25-9-10)5-6-19-16(22)14(20)15(21)17(23)24/h1-4,8-9,14-15,20-21H,5-7H2,(H,19,22)(H,23,24)/t14-,15-/m1/s1. The molecule has 0 unspecified atom stereocenters. The number of thiophene rings is 1. The minimum absolute atomic E-state index is 0.230. The van der Waals surface area contributed by atoms with Crippen molar-refractivity contribution in [2.24, 2.45) is 0 Å². The molecule has 1 heterocycles. The second kappa shape index (κ2) is 8.96. The van der Waals surface area contributed by atoms with E-state index in [9.17, 15) is 14.7 Å². The minimum atomic E-state index is -2.14. The van der Waals surface area contributed by atoms with Crippen LogP contribution in [0.3, 0.4) is 0 Å². The Morgan fingerprint density at radius 1 is 1.20 bits per heavy atom. The van der Waals surface area contributed by atoms with Gasteiger partial charge in [0.25, 0.3) is 5.91 Å². The zero-order valence-electron chi connectivity index (χ0n) is 13.2. The van der Waals surface area contributed by atoms with Crippen molar-refractivity contribution < 1.29 is 24.9 Å². The van der Waals surface area contributed by atoms with E-state index in [1.54, 1.807) is 11.3 Å². The molecule has 2 aromatic rings. The Kier molecular flexibility index (Phi) is 6.95. The number of rotatable bonds is 8. The van der Waals surface area contributed by atoms with Gasteiger partial charge in [-0.3, -0.25) is 4.79 Å². The second-order valence-corrected chi connectivity index (χ2v) is 6.86. The summed E-state index contributed by atoms with van der Waals surface area (Å²) < 4.78 is 0. The number of hydrogen-bond donors (Lipinski definition) is 4. The highest BCUT2D eigenvalue weighted by atomic mass is 35.5. The lowest BCUT2D eigenvalue weighted by Gasteiger charge is -2.13. The van der Waals surface area contributed by atoms with E-state index in [0.717, 1.165) is 16.0 Å². The number of benzene rings is 1. The molecule has 0 fully saturated rings. The second-order valence-electron chi connectivity index (χ2n) is 5.46. The van der Waals surface area contributed by atoms with E-state index in [0.29, 0.717) is 17.9 Å². The lowest BCUT2D eigenvalue weighted by molar-refractivity contribution is -0.158. The molecule has 0 aliphatic carbocycles. The van der Waals surface area contributed by atoms with E-state index in [-0.39, 0.29) is 6.54 Å². The van der Waals surface area contributed by atoms with Crippen molar-refractivity contribution in [3.8, 4) is 0 Å². The Hall–Kier alpha value is -1.93. The lowest BCUT2D eigenvalue weighted by Crippen LogP contribution is -2.46. The van der Waals surface area contributed by atoms with E-state index in [2.05, 4.69) is 5.32 Å². The van der Waals surface area contributed by atoms with Crippen molar-refractivity contribution in [2.45, 2.75) is 25.0 Å². The summed E-state index contributed by atoms with van der Waals surface area (Å²) in [5.41, 5.74) is 2.15. The van der Waals surface area contributed by atoms with Crippen LogP contribution in [0.5, 0.6) is 0 Å². The molecule has 0 aliphatic rings. The molecule has 1 amide bonds. The van der Waals surface area contributed by atoms with Crippen LogP contribution in [0.2, 0.25) is 5.02 Å². The summed E-state index contributed by atoms with van der Waals surface area (Å²) in [7, 11) is 0. The third-order valence-corrected chi connectivity index (χ3v) is 4.97. The van der Waals surface area contributed by atoms with Gasteiger partial charge in [-0.25, -0.2) is 4.79 Å². The average Bonchev–Trinajstić information content (AvgIpc) is 3.02. The van der Waals surface area contributed by atoms with Gasteiger partial charge < -0.3 is 20.6 Å². The molecule has 2 rings (SSSR count). The summed E-state index contributed by atoms with van der Waals surface area (Å²) in [5, 5.41) is 32.2. The van der Waals surface area contributed by atoms with Crippen LogP contribution in [-0.4, -0.2) is 45.9 Å². The Labute approximate surface area is 153 Å². The molecule has 1 aromatic heterocycles. The molecule has 4 N–H and O–H groups in total. The SMILES string of the molecule is O=C(O)[C@H](O)[C@@H](O)C(=O)NCCc1cc(Cc2ccccc2Cl)cs1. The molecule has 0 saturated carbocycles. The molecule has 134 valence electrons. The first kappa shape index (κ1) is 19.4. The van der Waals surface area contributed by atoms with E-state index in [1.807, 2.05) is 35.7 Å². The van der Waals surface area contributed by atoms with Crippen molar-refractivity contribution in [1.82, 2.24) is 5.32 Å². The van der Waals surface area contributed by atoms with Crippen molar-refractivity contribution in [3.63, 3.8) is 0 Å². The lowest BCUT2D eigenvalue weighted by atomic mass is 10.1. The third kappa shape index (κ3) is 5.54. The molecular formula is C17H18ClNO5S. The van der Waals surface area contributed by atoms with Gasteiger partial charge in [0.05, 0.1) is 0 Å². The molecule has 6 nitrogen and oxygen atoms in total. The molecule has 0 aliphatic heterocycles. The number of halogens is 1. The number of nitrogens with one attached hydrogen (secondary N) is 1. The molecule has 0 bridgehead atoms. The van der Waals surface area contributed by atoms with Gasteiger partial charge in [0.2, 0.25) is 0 Å². The Morgan fingerprint density at radius 2 is 1.92 bits per heavy atom. The smallest absolute Gasteiger partial charge is 0.335 e. The Bertz CT molecular complexity index is 748. The van der Waals surface area contributed by atoms with Crippen LogP contribution in [0.15, 0.2) is 35.7 Å². The van der Waals surface area contributed by atoms with Crippen LogP contribution in [0.1, 0.15) is 16.0 Å². The maximum atomic E-state index is 11.6. The van der Waals surface area contributed by atoms with Crippen LogP contribution in [0.25, 0.3) is 0 Å². The van der Waals surface area contributed by atoms with Crippen LogP contribution in [0, 0.1) is 0 Å². The topological polar surface area (TPSA) is 107 Å². The van der Waals surface area contributed by atoms with Crippen LogP contribution >= 0.6 is 22.9 Å². The van der Waals surface area contributed by atoms with Crippen molar-refractivity contribution in [3.05, 3.63) is 56.7 Å². The fourth-order valence-corrected chi connectivity index (χ4v) is 3.30. The molecule has 0 saturated heterocycles. The predicted octanol–water partition coefficient (Wildman–Crippen LogP) is 1.46. The van der Waals surface area contributed by atoms with Gasteiger partial charge in [0, 0.05) is 16.4 Å². The largest absolute Gasteiger partial charge is 0.479 e. The third-order valence-electron chi connectivity index (χ3n) is 3.55. The molecular weight excluding hydrogens is 366 g/mol. The van der Waals surface area contributed by atoms with Gasteiger partial charge >= 0.3 is 5.97 Å². The number of carboxylic acid groups (broad SMARTS) is 1. The van der Waals surface area contributed by atoms with Gasteiger partial charge in [-0.2, -0.15) is 0 Å². The molecule has 8 heteroatoms. The highest BCUT2D eigenvalue weighted by Crippen LogP contribution is 2.22. The van der Waals surface area contributed by atoms with Gasteiger partial charge in [-0.15, -0.1) is 11.3 Å². The highest BCUT2D eigenvalue weighted by molar-refractivity contribution is 7.10. The first-order valence-electron chi connectivity index (χ1n) is 7.55. The maximum absolute atomic E-state index is 11.6. The van der Waals surface area contributed by atoms with Gasteiger partial charge in [0.1, 0.15) is 0 Å². The van der Waals surface area contributed by atoms with Crippen molar-refractivity contribution in [1.29, 1.82) is 0 Å². The van der Waals surface area contributed by atoms with Gasteiger partial charge in [-0.1, -0.05) is 29.8 Å². The number of aliphatic carboxylic acids is 1. The Morgan fingerprint density at radius 3 is 2.60 bits per heavy atom. The fraction of sp³-hybridized carbons (Fsp3) is 0.294. The van der Waals surface area contributed by atoms with Crippen molar-refractivity contribution in [2.75, 3.05) is 6.54 Å². The minimum Gasteiger partial charge on any atom is -0.479 e. The first-order chi connectivity index (χ1) is 11.9. The predicted molar refractivity (Wildman–Crippen MR) is 94.9 cm³/mol. The van der Waals surface area contributed by atoms with E-state index >= 15 is 0 Å². The summed E-state index contributed by atoms with van der Waals surface area (Å²) >= 11 is 7.69. The molecule has 1 aromatic carbocycles. The fourth-order valence-electron chi connectivity index (χ4n) is 2.20. The monoisotopic (exact) mass is 383 g/mol. The highest BCUT2D eigenvalue weighted by Gasteiger charge is 2.29. The summed E-state index contributed by atoms with van der Waals surface area (Å²) in [6, 6.07) is 9.64. The molecule has 2 atom stereocenters. The number of aliphatic hydroxyl groups excluding tert-OH is 2. The number of carbonyl (C=O) groups excluding carboxylic acids is 1. The first-order valence-corrected chi connectivity index (χ1v) is 8.80. The summed E-state index contributed by atoms with van der Waals surface area (Å²) in [4.78, 5) is 23.1. The summed E-state index contributed by atoms with van der Waals surface area (Å²) in [6.07, 6.45) is -2.87. The number of carboxylic acids is 1. The number of carbonyl (C=O) groups is 2. The Balaban J connectivity index is 1.83. The zero-order valence-corrected chi connectivity index (χ0v) is 14.8. The van der Waals surface area contributed by atoms with Gasteiger partial charge in [-0.05, 0) is 41.5 Å². The average molecular weight is 384 g/mol. The summed E-state index contributed by atoms with van der Waals surface area (Å²) in [5.74, 6) is -2.56. The molecule has 0 radical (unpaired) electrons. The van der Waals surface area contributed by atoms with Crippen LogP contribution in [0.4, 0.5) is 0 Å². The zero-order chi connectivity index (χ0) is 18.4. The number of aliphatic hydroxyl groups is 2. The number of hydrogen-bond acceptors (Lipinski definition) is 5.